The van der Waals surface area contributed by atoms with Crippen molar-refractivity contribution in [3.63, 3.8) is 0 Å². The zero-order valence-corrected chi connectivity index (χ0v) is 46.1. The first kappa shape index (κ1) is 55.5. The van der Waals surface area contributed by atoms with E-state index < -0.39 is 41.8 Å². The first-order valence-corrected chi connectivity index (χ1v) is 27.4. The molecule has 3 aliphatic heterocycles. The predicted molar refractivity (Wildman–Crippen MR) is 294 cm³/mol. The fourth-order valence-electron chi connectivity index (χ4n) is 11.4. The van der Waals surface area contributed by atoms with Gasteiger partial charge in [-0.15, -0.1) is 0 Å². The number of halogens is 2. The molecule has 1 saturated carbocycles. The molecule has 1 aromatic heterocycles. The van der Waals surface area contributed by atoms with E-state index in [1.54, 1.807) is 56.3 Å². The number of amides is 5. The van der Waals surface area contributed by atoms with Crippen molar-refractivity contribution in [1.82, 2.24) is 39.8 Å². The van der Waals surface area contributed by atoms with Crippen molar-refractivity contribution in [1.29, 1.82) is 0 Å². The average Bonchev–Trinajstić information content (AvgIpc) is 3.79. The summed E-state index contributed by atoms with van der Waals surface area (Å²) in [5.41, 5.74) is 4.50. The molecule has 1 aliphatic carbocycles. The Hall–Kier alpha value is -6.30. The van der Waals surface area contributed by atoms with Gasteiger partial charge in [-0.3, -0.25) is 28.9 Å². The molecule has 9 rings (SSSR count). The van der Waals surface area contributed by atoms with E-state index in [-0.39, 0.29) is 56.3 Å². The fourth-order valence-corrected chi connectivity index (χ4v) is 11.7. The third-order valence-electron chi connectivity index (χ3n) is 16.0. The van der Waals surface area contributed by atoms with Gasteiger partial charge in [-0.25, -0.2) is 4.98 Å². The van der Waals surface area contributed by atoms with Crippen molar-refractivity contribution < 1.29 is 38.2 Å². The highest BCUT2D eigenvalue weighted by molar-refractivity contribution is 6.31. The van der Waals surface area contributed by atoms with Gasteiger partial charge in [0.05, 0.1) is 56.8 Å². The van der Waals surface area contributed by atoms with Crippen LogP contribution in [0.1, 0.15) is 68.0 Å². The number of benzene rings is 4. The zero-order chi connectivity index (χ0) is 54.4. The lowest BCUT2D eigenvalue weighted by molar-refractivity contribution is -0.191. The Morgan fingerprint density at radius 1 is 0.766 bits per heavy atom. The van der Waals surface area contributed by atoms with Crippen LogP contribution in [0.5, 0.6) is 11.5 Å². The van der Waals surface area contributed by atoms with Crippen molar-refractivity contribution in [2.24, 2.45) is 18.4 Å². The molecule has 4 aliphatic rings. The number of carbonyl (C=O) groups excluding carboxylic acids is 5. The molecule has 3 saturated heterocycles. The molecule has 0 radical (unpaired) electrons. The maximum Gasteiger partial charge on any atom is 0.247 e. The summed E-state index contributed by atoms with van der Waals surface area (Å²) in [5, 5.41) is 7.10. The maximum atomic E-state index is 15.3. The van der Waals surface area contributed by atoms with Crippen LogP contribution >= 0.6 is 23.2 Å². The Kier molecular flexibility index (Phi) is 17.7. The summed E-state index contributed by atoms with van der Waals surface area (Å²) in [6.07, 6.45) is 5.16. The normalized spacial score (nSPS) is 23.8. The molecule has 16 nitrogen and oxygen atoms in total. The number of likely N-dealkylation sites (N-methyl/N-ethyl adjacent to an activating group) is 2. The highest BCUT2D eigenvalue weighted by atomic mass is 35.5. The van der Waals surface area contributed by atoms with Gasteiger partial charge < -0.3 is 44.1 Å². The van der Waals surface area contributed by atoms with Gasteiger partial charge in [0.25, 0.3) is 0 Å². The highest BCUT2D eigenvalue weighted by Crippen LogP contribution is 2.39. The van der Waals surface area contributed by atoms with Crippen molar-refractivity contribution in [2.75, 3.05) is 54.1 Å². The van der Waals surface area contributed by atoms with Crippen LogP contribution in [0, 0.1) is 11.3 Å². The summed E-state index contributed by atoms with van der Waals surface area (Å²) in [6, 6.07) is 25.8. The lowest BCUT2D eigenvalue weighted by Crippen LogP contribution is -2.65. The van der Waals surface area contributed by atoms with E-state index in [2.05, 4.69) is 20.1 Å². The van der Waals surface area contributed by atoms with E-state index in [9.17, 15) is 14.4 Å². The number of likely N-dealkylation sites (tertiary alicyclic amines) is 1. The van der Waals surface area contributed by atoms with Crippen LogP contribution in [0.15, 0.2) is 103 Å². The zero-order valence-electron chi connectivity index (χ0n) is 44.6. The summed E-state index contributed by atoms with van der Waals surface area (Å²) >= 11 is 12.9. The predicted octanol–water partition coefficient (Wildman–Crippen LogP) is 7.47. The molecule has 2 N–H and O–H groups in total. The number of nitrogens with one attached hydrogen (secondary N) is 2. The average molecular weight is 1090 g/mol. The Morgan fingerprint density at radius 2 is 1.47 bits per heavy atom. The van der Waals surface area contributed by atoms with Crippen molar-refractivity contribution in [3.05, 3.63) is 136 Å². The second kappa shape index (κ2) is 24.6. The summed E-state index contributed by atoms with van der Waals surface area (Å²) < 4.78 is 19.7. The molecular formula is C59H70Cl2N8O8. The number of carbonyl (C=O) groups is 5. The lowest BCUT2D eigenvalue weighted by Gasteiger charge is -2.55. The Morgan fingerprint density at radius 3 is 2.17 bits per heavy atom. The quantitative estimate of drug-likeness (QED) is 0.121. The van der Waals surface area contributed by atoms with Gasteiger partial charge in [-0.05, 0) is 92.3 Å². The van der Waals surface area contributed by atoms with Crippen LogP contribution in [0.4, 0.5) is 0 Å². The van der Waals surface area contributed by atoms with Gasteiger partial charge >= 0.3 is 0 Å². The summed E-state index contributed by atoms with van der Waals surface area (Å²) in [4.78, 5) is 85.8. The fraction of sp³-hybridized carbons (Fsp3) is 0.458. The van der Waals surface area contributed by atoms with E-state index >= 15 is 9.59 Å². The number of hydrogen-bond donors (Lipinski definition) is 2. The molecule has 1 spiro atoms. The number of hydrogen-bond acceptors (Lipinski definition) is 10. The molecule has 0 bridgehead atoms. The number of aromatic nitrogens is 2. The number of rotatable bonds is 13. The molecule has 0 unspecified atom stereocenters. The highest BCUT2D eigenvalue weighted by Gasteiger charge is 2.49. The van der Waals surface area contributed by atoms with E-state index in [4.69, 9.17) is 42.4 Å². The van der Waals surface area contributed by atoms with Gasteiger partial charge in [-0.2, -0.15) is 0 Å². The van der Waals surface area contributed by atoms with Gasteiger partial charge in [0.15, 0.2) is 0 Å². The van der Waals surface area contributed by atoms with Gasteiger partial charge in [-0.1, -0.05) is 84.6 Å². The van der Waals surface area contributed by atoms with Crippen LogP contribution < -0.4 is 15.4 Å². The first-order chi connectivity index (χ1) is 37.1. The van der Waals surface area contributed by atoms with Crippen molar-refractivity contribution >= 4 is 52.7 Å². The van der Waals surface area contributed by atoms with E-state index in [1.807, 2.05) is 80.0 Å². The minimum atomic E-state index is -1.19. The number of imidazole rings is 1. The van der Waals surface area contributed by atoms with E-state index in [0.717, 1.165) is 73.9 Å². The molecule has 4 aromatic carbocycles. The second-order valence-corrected chi connectivity index (χ2v) is 22.4. The summed E-state index contributed by atoms with van der Waals surface area (Å²) in [7, 11) is 6.83. The van der Waals surface area contributed by atoms with E-state index in [0.29, 0.717) is 51.8 Å². The minimum Gasteiger partial charge on any atom is -0.457 e. The Labute approximate surface area is 461 Å². The Balaban J connectivity index is 1.02. The van der Waals surface area contributed by atoms with Crippen LogP contribution in [0.25, 0.3) is 11.3 Å². The topological polar surface area (TPSA) is 168 Å². The van der Waals surface area contributed by atoms with Gasteiger partial charge in [0.1, 0.15) is 29.4 Å². The molecule has 18 heteroatoms. The third kappa shape index (κ3) is 13.2. The second-order valence-electron chi connectivity index (χ2n) is 21.6. The SMILES string of the molecule is COC[C@@H]1NC(=O)[C@H](C)N(Cc2ccc(Cl)cc2Oc2ccc(-c3cnc(CN4CC5(COC5)C4)n3C)cc2)C(=O)C[C@@H](Cc2ccccc2)C(=O)N(C)[C@H]2CCCC[C@@H]2NC(=O)C[C@H](Cc2ccc(Cl)cc2)N(C)C1=O. The minimum absolute atomic E-state index is 0.0496. The molecule has 4 fully saturated rings. The van der Waals surface area contributed by atoms with Gasteiger partial charge in [0.2, 0.25) is 29.5 Å². The molecule has 6 atom stereocenters. The van der Waals surface area contributed by atoms with E-state index in [1.165, 1.54) is 16.9 Å². The van der Waals surface area contributed by atoms with Crippen molar-refractivity contribution in [2.45, 2.75) is 102 Å². The number of ether oxygens (including phenoxy) is 3. The largest absolute Gasteiger partial charge is 0.457 e. The number of fused-ring (bicyclic) bond motifs is 1. The number of nitrogens with zero attached hydrogens (tertiary/aromatic N) is 6. The molecule has 408 valence electrons. The number of methoxy groups -OCH3 is 1. The standard InChI is InChI=1S/C59H70Cl2N8O8/c1-38-56(72)64-49(33-75-5)58(74)65(2)46(26-40-15-20-44(60)21-16-40)29-54(70)63-48-13-9-10-14-50(48)67(4)57(73)43(25-39-11-7-6-8-12-39)27-55(71)69(38)31-42-17-22-45(61)28-52(42)77-47-23-18-41(19-24-47)51-30-62-53(66(51)3)32-68-34-59(35-68)36-76-37-59/h6-8,11-12,15-24,28,30,38,43,46,48-50H,9-10,13-14,25-27,29,31-37H2,1-5H3,(H,63,70)(H,64,72)/t38-,43+,46-,48-,49-,50-/m0/s1. The molecule has 5 aromatic rings. The van der Waals surface area contributed by atoms with Crippen LogP contribution in [0.3, 0.4) is 0 Å². The molecular weight excluding hydrogens is 1020 g/mol. The van der Waals surface area contributed by atoms with Crippen LogP contribution in [0.2, 0.25) is 10.0 Å². The molecule has 4 heterocycles. The maximum absolute atomic E-state index is 15.3. The smallest absolute Gasteiger partial charge is 0.247 e. The summed E-state index contributed by atoms with van der Waals surface area (Å²) in [6.45, 7) is 5.75. The third-order valence-corrected chi connectivity index (χ3v) is 16.5. The molecule has 77 heavy (non-hydrogen) atoms. The first-order valence-electron chi connectivity index (χ1n) is 26.6. The monoisotopic (exact) mass is 1090 g/mol. The van der Waals surface area contributed by atoms with Crippen LogP contribution in [-0.2, 0) is 66.4 Å². The van der Waals surface area contributed by atoms with Crippen molar-refractivity contribution in [3.8, 4) is 22.8 Å². The Bertz CT molecular complexity index is 2890. The summed E-state index contributed by atoms with van der Waals surface area (Å²) in [5.74, 6) is -1.08. The lowest BCUT2D eigenvalue weighted by atomic mass is 9.78. The van der Waals surface area contributed by atoms with Crippen LogP contribution in [-0.4, -0.2) is 143 Å². The molecule has 5 amide bonds. The van der Waals surface area contributed by atoms with Gasteiger partial charge in [0, 0.05) is 92.9 Å².